The molecule has 1 aliphatic heterocycles. The fourth-order valence-electron chi connectivity index (χ4n) is 1.77. The average Bonchev–Trinajstić information content (AvgIpc) is 2.36. The largest absolute Gasteiger partial charge is 0.319 e. The van der Waals surface area contributed by atoms with E-state index in [1.165, 1.54) is 9.80 Å². The van der Waals surface area contributed by atoms with Crippen LogP contribution in [0.1, 0.15) is 0 Å². The minimum Gasteiger partial charge on any atom is -0.319 e. The molecule has 1 aromatic rings. The number of para-hydroxylation sites is 1. The van der Waals surface area contributed by atoms with Crippen LogP contribution in [0, 0.1) is 11.3 Å². The second kappa shape index (κ2) is 4.66. The number of rotatable bonds is 2. The van der Waals surface area contributed by atoms with E-state index < -0.39 is 11.8 Å². The summed E-state index contributed by atoms with van der Waals surface area (Å²) in [4.78, 5) is 26.2. The van der Waals surface area contributed by atoms with Gasteiger partial charge in [0.15, 0.2) is 0 Å². The predicted octanol–water partition coefficient (Wildman–Crippen LogP) is 0.385. The molecular weight excluding hydrogens is 218 g/mol. The highest BCUT2D eigenvalue weighted by Crippen LogP contribution is 2.16. The smallest absolute Gasteiger partial charge is 0.316 e. The molecule has 1 aromatic carbocycles. The van der Waals surface area contributed by atoms with E-state index in [4.69, 9.17) is 5.26 Å². The number of hydrogen-bond donors (Lipinski definition) is 0. The van der Waals surface area contributed by atoms with Crippen LogP contribution in [-0.4, -0.2) is 36.3 Å². The Kier molecular flexibility index (Phi) is 3.06. The summed E-state index contributed by atoms with van der Waals surface area (Å²) in [5, 5.41) is 8.54. The van der Waals surface area contributed by atoms with Crippen molar-refractivity contribution in [2.75, 3.05) is 24.5 Å². The van der Waals surface area contributed by atoms with Crippen LogP contribution in [0.2, 0.25) is 0 Å². The third-order valence-corrected chi connectivity index (χ3v) is 2.64. The van der Waals surface area contributed by atoms with Crippen LogP contribution in [0.5, 0.6) is 0 Å². The van der Waals surface area contributed by atoms with Crippen LogP contribution in [0.25, 0.3) is 0 Å². The molecule has 0 atom stereocenters. The van der Waals surface area contributed by atoms with Gasteiger partial charge in [-0.3, -0.25) is 9.59 Å². The number of amides is 2. The van der Waals surface area contributed by atoms with Gasteiger partial charge in [0.1, 0.15) is 6.54 Å². The van der Waals surface area contributed by atoms with Gasteiger partial charge in [-0.05, 0) is 12.1 Å². The van der Waals surface area contributed by atoms with Crippen molar-refractivity contribution in [1.29, 1.82) is 5.26 Å². The standard InChI is InChI=1S/C12H11N3O2/c13-6-7-14-8-9-15(12(17)11(14)16)10-4-2-1-3-5-10/h1-5H,7-9H2. The third kappa shape index (κ3) is 2.11. The van der Waals surface area contributed by atoms with Gasteiger partial charge in [0.05, 0.1) is 6.07 Å². The third-order valence-electron chi connectivity index (χ3n) is 2.64. The van der Waals surface area contributed by atoms with E-state index in [9.17, 15) is 9.59 Å². The van der Waals surface area contributed by atoms with Crippen LogP contribution in [0.4, 0.5) is 5.69 Å². The lowest BCUT2D eigenvalue weighted by molar-refractivity contribution is -0.145. The van der Waals surface area contributed by atoms with Crippen LogP contribution in [0.15, 0.2) is 30.3 Å². The number of hydrogen-bond acceptors (Lipinski definition) is 3. The summed E-state index contributed by atoms with van der Waals surface area (Å²) >= 11 is 0. The van der Waals surface area contributed by atoms with E-state index in [1.54, 1.807) is 12.1 Å². The Morgan fingerprint density at radius 3 is 2.47 bits per heavy atom. The Labute approximate surface area is 98.9 Å². The summed E-state index contributed by atoms with van der Waals surface area (Å²) in [6.45, 7) is 0.788. The second-order valence-electron chi connectivity index (χ2n) is 3.68. The summed E-state index contributed by atoms with van der Waals surface area (Å²) in [7, 11) is 0. The maximum Gasteiger partial charge on any atom is 0.316 e. The summed E-state index contributed by atoms with van der Waals surface area (Å²) in [5.41, 5.74) is 0.711. The van der Waals surface area contributed by atoms with Crippen molar-refractivity contribution in [2.24, 2.45) is 0 Å². The molecule has 5 nitrogen and oxygen atoms in total. The summed E-state index contributed by atoms with van der Waals surface area (Å²) < 4.78 is 0. The molecule has 86 valence electrons. The van der Waals surface area contributed by atoms with Crippen LogP contribution < -0.4 is 4.90 Å². The zero-order valence-corrected chi connectivity index (χ0v) is 9.17. The number of piperazine rings is 1. The second-order valence-corrected chi connectivity index (χ2v) is 3.68. The van der Waals surface area contributed by atoms with Crippen LogP contribution >= 0.6 is 0 Å². The van der Waals surface area contributed by atoms with Crippen molar-refractivity contribution in [2.45, 2.75) is 0 Å². The van der Waals surface area contributed by atoms with E-state index >= 15 is 0 Å². The number of carbonyl (C=O) groups is 2. The number of carbonyl (C=O) groups excluding carboxylic acids is 2. The quantitative estimate of drug-likeness (QED) is 0.544. The van der Waals surface area contributed by atoms with Gasteiger partial charge in [-0.1, -0.05) is 18.2 Å². The van der Waals surface area contributed by atoms with Gasteiger partial charge in [0, 0.05) is 18.8 Å². The summed E-state index contributed by atoms with van der Waals surface area (Å²) in [6.07, 6.45) is 0. The molecular formula is C12H11N3O2. The lowest BCUT2D eigenvalue weighted by Crippen LogP contribution is -2.54. The van der Waals surface area contributed by atoms with E-state index in [0.29, 0.717) is 18.8 Å². The zero-order chi connectivity index (χ0) is 12.3. The SMILES string of the molecule is N#CCN1CCN(c2ccccc2)C(=O)C1=O. The van der Waals surface area contributed by atoms with E-state index in [0.717, 1.165) is 0 Å². The Bertz CT molecular complexity index is 478. The van der Waals surface area contributed by atoms with Crippen molar-refractivity contribution in [3.05, 3.63) is 30.3 Å². The van der Waals surface area contributed by atoms with Gasteiger partial charge in [-0.25, -0.2) is 0 Å². The van der Waals surface area contributed by atoms with E-state index in [1.807, 2.05) is 24.3 Å². The minimum atomic E-state index is -0.610. The molecule has 0 aliphatic carbocycles. The Morgan fingerprint density at radius 1 is 1.12 bits per heavy atom. The lowest BCUT2D eigenvalue weighted by Gasteiger charge is -2.32. The molecule has 0 aromatic heterocycles. The molecule has 2 amide bonds. The van der Waals surface area contributed by atoms with Gasteiger partial charge in [0.2, 0.25) is 0 Å². The summed E-state index contributed by atoms with van der Waals surface area (Å²) in [5.74, 6) is -1.18. The molecule has 5 heteroatoms. The molecule has 1 aliphatic rings. The van der Waals surface area contributed by atoms with Crippen LogP contribution in [0.3, 0.4) is 0 Å². The molecule has 1 heterocycles. The molecule has 1 saturated heterocycles. The normalized spacial score (nSPS) is 15.9. The number of nitrogens with zero attached hydrogens (tertiary/aromatic N) is 3. The number of benzene rings is 1. The fraction of sp³-hybridized carbons (Fsp3) is 0.250. The Morgan fingerprint density at radius 2 is 1.82 bits per heavy atom. The van der Waals surface area contributed by atoms with Crippen molar-refractivity contribution in [1.82, 2.24) is 4.90 Å². The Balaban J connectivity index is 2.18. The number of anilines is 1. The highest BCUT2D eigenvalue weighted by molar-refractivity contribution is 6.41. The highest BCUT2D eigenvalue weighted by atomic mass is 16.2. The topological polar surface area (TPSA) is 64.4 Å². The number of nitriles is 1. The van der Waals surface area contributed by atoms with Gasteiger partial charge in [0.25, 0.3) is 0 Å². The molecule has 0 unspecified atom stereocenters. The fourth-order valence-corrected chi connectivity index (χ4v) is 1.77. The van der Waals surface area contributed by atoms with Gasteiger partial charge in [-0.2, -0.15) is 5.26 Å². The zero-order valence-electron chi connectivity index (χ0n) is 9.17. The van der Waals surface area contributed by atoms with E-state index in [-0.39, 0.29) is 6.54 Å². The average molecular weight is 229 g/mol. The van der Waals surface area contributed by atoms with Crippen molar-refractivity contribution >= 4 is 17.5 Å². The minimum absolute atomic E-state index is 0.0345. The van der Waals surface area contributed by atoms with Crippen molar-refractivity contribution in [3.8, 4) is 6.07 Å². The Hall–Kier alpha value is -2.35. The van der Waals surface area contributed by atoms with Crippen molar-refractivity contribution in [3.63, 3.8) is 0 Å². The molecule has 17 heavy (non-hydrogen) atoms. The first kappa shape index (κ1) is 11.1. The molecule has 0 bridgehead atoms. The van der Waals surface area contributed by atoms with Crippen molar-refractivity contribution < 1.29 is 9.59 Å². The summed E-state index contributed by atoms with van der Waals surface area (Å²) in [6, 6.07) is 10.9. The highest BCUT2D eigenvalue weighted by Gasteiger charge is 2.32. The monoisotopic (exact) mass is 229 g/mol. The maximum absolute atomic E-state index is 11.8. The molecule has 0 radical (unpaired) electrons. The predicted molar refractivity (Wildman–Crippen MR) is 61.0 cm³/mol. The lowest BCUT2D eigenvalue weighted by atomic mass is 10.2. The molecule has 0 spiro atoms. The maximum atomic E-state index is 11.8. The molecule has 0 saturated carbocycles. The first-order valence-corrected chi connectivity index (χ1v) is 5.27. The van der Waals surface area contributed by atoms with Gasteiger partial charge >= 0.3 is 11.8 Å². The molecule has 0 N–H and O–H groups in total. The van der Waals surface area contributed by atoms with E-state index in [2.05, 4.69) is 0 Å². The first-order chi connectivity index (χ1) is 8.24. The van der Waals surface area contributed by atoms with Gasteiger partial charge < -0.3 is 9.80 Å². The molecule has 1 fully saturated rings. The van der Waals surface area contributed by atoms with Gasteiger partial charge in [-0.15, -0.1) is 0 Å². The molecule has 2 rings (SSSR count). The first-order valence-electron chi connectivity index (χ1n) is 5.27. The van der Waals surface area contributed by atoms with Crippen LogP contribution in [-0.2, 0) is 9.59 Å².